The van der Waals surface area contributed by atoms with Gasteiger partial charge in [-0.2, -0.15) is 0 Å². The van der Waals surface area contributed by atoms with E-state index in [9.17, 15) is 24.6 Å². The van der Waals surface area contributed by atoms with Crippen molar-refractivity contribution in [3.8, 4) is 0 Å². The molecule has 2 aliphatic heterocycles. The van der Waals surface area contributed by atoms with Gasteiger partial charge in [-0.3, -0.25) is 9.59 Å². The Morgan fingerprint density at radius 1 is 1.06 bits per heavy atom. The van der Waals surface area contributed by atoms with E-state index >= 15 is 0 Å². The van der Waals surface area contributed by atoms with Gasteiger partial charge in [-0.1, -0.05) is 17.7 Å². The first-order chi connectivity index (χ1) is 16.4. The number of allylic oxidation sites excluding steroid dienone is 3. The average Bonchev–Trinajstić information content (AvgIpc) is 3.24. The Morgan fingerprint density at radius 3 is 2.51 bits per heavy atom. The van der Waals surface area contributed by atoms with Crippen LogP contribution in [0.2, 0.25) is 0 Å². The van der Waals surface area contributed by atoms with Crippen LogP contribution in [0.3, 0.4) is 0 Å². The molecular weight excluding hydrogens is 448 g/mol. The predicted octanol–water partition coefficient (Wildman–Crippen LogP) is 2.94. The summed E-state index contributed by atoms with van der Waals surface area (Å²) in [5, 5.41) is 23.6. The van der Waals surface area contributed by atoms with Crippen LogP contribution in [-0.2, 0) is 23.9 Å². The van der Waals surface area contributed by atoms with Crippen LogP contribution in [0, 0.1) is 28.6 Å². The molecule has 2 N–H and O–H groups in total. The van der Waals surface area contributed by atoms with Crippen molar-refractivity contribution >= 4 is 17.7 Å². The summed E-state index contributed by atoms with van der Waals surface area (Å²) in [7, 11) is 0. The van der Waals surface area contributed by atoms with Gasteiger partial charge in [-0.25, -0.2) is 4.79 Å². The summed E-state index contributed by atoms with van der Waals surface area (Å²) in [6.07, 6.45) is 6.36. The van der Waals surface area contributed by atoms with Gasteiger partial charge in [0.25, 0.3) is 0 Å². The minimum absolute atomic E-state index is 0.0524. The summed E-state index contributed by atoms with van der Waals surface area (Å²) in [6.45, 7) is 7.38. The lowest BCUT2D eigenvalue weighted by molar-refractivity contribution is -0.201. The third-order valence-electron chi connectivity index (χ3n) is 11.0. The fraction of sp³-hybridized carbons (Fsp3) is 0.679. The molecule has 0 unspecified atom stereocenters. The van der Waals surface area contributed by atoms with E-state index in [0.717, 1.165) is 5.57 Å². The van der Waals surface area contributed by atoms with Gasteiger partial charge < -0.3 is 19.7 Å². The summed E-state index contributed by atoms with van der Waals surface area (Å²) in [5.74, 6) is -1.78. The Labute approximate surface area is 205 Å². The second-order valence-electron chi connectivity index (χ2n) is 12.1. The van der Waals surface area contributed by atoms with Gasteiger partial charge in [-0.05, 0) is 83.3 Å². The SMILES string of the molecule is CC1=C(C)C(=O)O[C@@H]([C@]2(C)OC(=O)[C@]34CC[C@H]5[C@@H](C[C@@H](O)C6=CC=CC(=O)[C@@]65C)[C@]3(O)CC[C@H]24)C1. The van der Waals surface area contributed by atoms with Crippen molar-refractivity contribution in [2.75, 3.05) is 0 Å². The van der Waals surface area contributed by atoms with E-state index in [1.807, 2.05) is 26.8 Å². The molecule has 0 aromatic heterocycles. The predicted molar refractivity (Wildman–Crippen MR) is 125 cm³/mol. The van der Waals surface area contributed by atoms with Gasteiger partial charge in [0.15, 0.2) is 11.4 Å². The second kappa shape index (κ2) is 6.94. The maximum atomic E-state index is 13.8. The lowest BCUT2D eigenvalue weighted by Gasteiger charge is -2.60. The molecule has 6 aliphatic rings. The number of aliphatic hydroxyl groups excluding tert-OH is 1. The van der Waals surface area contributed by atoms with Gasteiger partial charge in [0.1, 0.15) is 11.5 Å². The molecule has 4 fully saturated rings. The Hall–Kier alpha value is -2.25. The van der Waals surface area contributed by atoms with Gasteiger partial charge in [0.05, 0.1) is 17.1 Å². The van der Waals surface area contributed by atoms with Gasteiger partial charge in [0.2, 0.25) is 0 Å². The molecule has 2 heterocycles. The van der Waals surface area contributed by atoms with Crippen LogP contribution in [0.4, 0.5) is 0 Å². The molecule has 7 heteroatoms. The number of rotatable bonds is 1. The van der Waals surface area contributed by atoms with Crippen LogP contribution in [0.25, 0.3) is 0 Å². The number of fused-ring (bicyclic) bond motifs is 4. The normalized spacial score (nSPS) is 50.6. The van der Waals surface area contributed by atoms with Gasteiger partial charge in [-0.15, -0.1) is 0 Å². The largest absolute Gasteiger partial charge is 0.455 e. The Balaban J connectivity index is 1.41. The number of cyclic esters (lactones) is 2. The maximum Gasteiger partial charge on any atom is 0.334 e. The monoisotopic (exact) mass is 482 g/mol. The van der Waals surface area contributed by atoms with Crippen LogP contribution in [0.1, 0.15) is 66.2 Å². The number of hydrogen-bond donors (Lipinski definition) is 2. The molecule has 0 amide bonds. The highest BCUT2D eigenvalue weighted by molar-refractivity contribution is 5.99. The molecule has 0 bridgehead atoms. The van der Waals surface area contributed by atoms with Crippen LogP contribution in [0.15, 0.2) is 34.9 Å². The Kier molecular flexibility index (Phi) is 4.60. The number of aliphatic hydroxyl groups is 2. The first kappa shape index (κ1) is 23.2. The molecule has 9 atom stereocenters. The van der Waals surface area contributed by atoms with E-state index in [-0.39, 0.29) is 23.6 Å². The van der Waals surface area contributed by atoms with Gasteiger partial charge in [0, 0.05) is 17.9 Å². The van der Waals surface area contributed by atoms with Crippen LogP contribution >= 0.6 is 0 Å². The van der Waals surface area contributed by atoms with E-state index in [4.69, 9.17) is 9.47 Å². The maximum absolute atomic E-state index is 13.8. The fourth-order valence-electron chi connectivity index (χ4n) is 8.99. The fourth-order valence-corrected chi connectivity index (χ4v) is 8.99. The van der Waals surface area contributed by atoms with E-state index < -0.39 is 46.1 Å². The summed E-state index contributed by atoms with van der Waals surface area (Å²) in [5.41, 5.74) is -2.24. The molecule has 7 nitrogen and oxygen atoms in total. The number of esters is 2. The van der Waals surface area contributed by atoms with E-state index in [1.165, 1.54) is 0 Å². The topological polar surface area (TPSA) is 110 Å². The lowest BCUT2D eigenvalue weighted by atomic mass is 9.44. The highest BCUT2D eigenvalue weighted by Gasteiger charge is 2.80. The van der Waals surface area contributed by atoms with Crippen LogP contribution in [-0.4, -0.2) is 51.3 Å². The average molecular weight is 483 g/mol. The van der Waals surface area contributed by atoms with Gasteiger partial charge >= 0.3 is 11.9 Å². The summed E-state index contributed by atoms with van der Waals surface area (Å²) in [4.78, 5) is 39.5. The van der Waals surface area contributed by atoms with Crippen molar-refractivity contribution in [1.82, 2.24) is 0 Å². The first-order valence-corrected chi connectivity index (χ1v) is 12.9. The molecule has 3 saturated carbocycles. The molecule has 1 spiro atoms. The zero-order valence-electron chi connectivity index (χ0n) is 20.8. The molecule has 0 aromatic rings. The minimum atomic E-state index is -1.40. The number of ketones is 1. The Bertz CT molecular complexity index is 1150. The first-order valence-electron chi connectivity index (χ1n) is 12.9. The van der Waals surface area contributed by atoms with E-state index in [0.29, 0.717) is 49.7 Å². The molecule has 6 rings (SSSR count). The molecular formula is C28H34O7. The standard InChI is InChI=1S/C28H34O7/c1-14-12-22(34-23(31)15(14)2)26(4)20-9-11-28(33)18-13-19(29)17-6-5-7-21(30)25(17,3)16(18)8-10-27(20,28)24(32)35-26/h5-7,16,18-20,22,29,33H,8-13H2,1-4H3/t16-,18+,19+,20+,22+,25+,26+,27+,28+/m0/s1. The number of carbonyl (C=O) groups excluding carboxylic acids is 3. The molecule has 1 saturated heterocycles. The molecule has 188 valence electrons. The van der Waals surface area contributed by atoms with Crippen molar-refractivity contribution in [3.05, 3.63) is 34.9 Å². The summed E-state index contributed by atoms with van der Waals surface area (Å²) < 4.78 is 11.9. The van der Waals surface area contributed by atoms with Crippen molar-refractivity contribution in [2.45, 2.75) is 89.6 Å². The van der Waals surface area contributed by atoms with Crippen molar-refractivity contribution in [1.29, 1.82) is 0 Å². The van der Waals surface area contributed by atoms with Crippen molar-refractivity contribution in [3.63, 3.8) is 0 Å². The number of hydrogen-bond acceptors (Lipinski definition) is 7. The van der Waals surface area contributed by atoms with E-state index in [1.54, 1.807) is 19.1 Å². The summed E-state index contributed by atoms with van der Waals surface area (Å²) in [6, 6.07) is 0. The Morgan fingerprint density at radius 2 is 1.80 bits per heavy atom. The number of carbonyl (C=O) groups is 3. The second-order valence-corrected chi connectivity index (χ2v) is 12.1. The molecule has 0 radical (unpaired) electrons. The molecule has 0 aromatic carbocycles. The lowest BCUT2D eigenvalue weighted by Crippen LogP contribution is -2.66. The molecule has 4 aliphatic carbocycles. The van der Waals surface area contributed by atoms with Crippen molar-refractivity contribution in [2.24, 2.45) is 28.6 Å². The van der Waals surface area contributed by atoms with Crippen LogP contribution in [0.5, 0.6) is 0 Å². The van der Waals surface area contributed by atoms with Crippen molar-refractivity contribution < 1.29 is 34.1 Å². The number of ether oxygens (including phenoxy) is 2. The van der Waals surface area contributed by atoms with E-state index in [2.05, 4.69) is 0 Å². The zero-order valence-corrected chi connectivity index (χ0v) is 20.8. The summed E-state index contributed by atoms with van der Waals surface area (Å²) >= 11 is 0. The third-order valence-corrected chi connectivity index (χ3v) is 11.0. The van der Waals surface area contributed by atoms with Crippen LogP contribution < -0.4 is 0 Å². The quantitative estimate of drug-likeness (QED) is 0.553. The highest BCUT2D eigenvalue weighted by Crippen LogP contribution is 2.72. The smallest absolute Gasteiger partial charge is 0.334 e. The molecule has 35 heavy (non-hydrogen) atoms. The minimum Gasteiger partial charge on any atom is -0.455 e. The highest BCUT2D eigenvalue weighted by atomic mass is 16.6. The zero-order chi connectivity index (χ0) is 25.1. The third kappa shape index (κ3) is 2.51.